The minimum Gasteiger partial charge on any atom is -0.381 e. The molecule has 1 fully saturated rings. The molecule has 2 atom stereocenters. The molecular weight excluding hydrogens is 182 g/mol. The van der Waals surface area contributed by atoms with Crippen molar-refractivity contribution in [2.45, 2.75) is 51.0 Å². The summed E-state index contributed by atoms with van der Waals surface area (Å²) in [6.07, 6.45) is 6.71. The van der Waals surface area contributed by atoms with Gasteiger partial charge in [0.15, 0.2) is 0 Å². The first-order valence-electron chi connectivity index (χ1n) is 6.28. The van der Waals surface area contributed by atoms with Gasteiger partial charge >= 0.3 is 0 Å². The third-order valence-corrected chi connectivity index (χ3v) is 4.03. The SMILES string of the molecule is CCc1ccc2c(c1)NC1CCCCC21. The molecule has 1 aromatic carbocycles. The fraction of sp³-hybridized carbons (Fsp3) is 0.571. The molecule has 1 aliphatic heterocycles. The van der Waals surface area contributed by atoms with Crippen molar-refractivity contribution in [3.8, 4) is 0 Å². The van der Waals surface area contributed by atoms with Crippen LogP contribution in [0.4, 0.5) is 5.69 Å². The number of hydrogen-bond acceptors (Lipinski definition) is 1. The fourth-order valence-corrected chi connectivity index (χ4v) is 3.15. The van der Waals surface area contributed by atoms with Crippen LogP contribution in [-0.2, 0) is 6.42 Å². The third kappa shape index (κ3) is 1.45. The van der Waals surface area contributed by atoms with Gasteiger partial charge in [0.2, 0.25) is 0 Å². The van der Waals surface area contributed by atoms with E-state index in [2.05, 4.69) is 30.4 Å². The average Bonchev–Trinajstić information content (AvgIpc) is 2.66. The van der Waals surface area contributed by atoms with E-state index >= 15 is 0 Å². The van der Waals surface area contributed by atoms with Crippen molar-refractivity contribution in [1.29, 1.82) is 0 Å². The van der Waals surface area contributed by atoms with Crippen LogP contribution in [-0.4, -0.2) is 6.04 Å². The Morgan fingerprint density at radius 2 is 2.13 bits per heavy atom. The first kappa shape index (κ1) is 9.26. The lowest BCUT2D eigenvalue weighted by Gasteiger charge is -2.25. The predicted octanol–water partition coefficient (Wildman–Crippen LogP) is 3.70. The average molecular weight is 201 g/mol. The van der Waals surface area contributed by atoms with Crippen LogP contribution in [0.3, 0.4) is 0 Å². The summed E-state index contributed by atoms with van der Waals surface area (Å²) in [5.41, 5.74) is 4.46. The summed E-state index contributed by atoms with van der Waals surface area (Å²) in [5, 5.41) is 3.71. The Labute approximate surface area is 91.9 Å². The van der Waals surface area contributed by atoms with Gasteiger partial charge in [-0.3, -0.25) is 0 Å². The first-order valence-corrected chi connectivity index (χ1v) is 6.28. The monoisotopic (exact) mass is 201 g/mol. The number of hydrogen-bond donors (Lipinski definition) is 1. The quantitative estimate of drug-likeness (QED) is 0.730. The molecule has 0 aromatic heterocycles. The minimum atomic E-state index is 0.737. The van der Waals surface area contributed by atoms with Gasteiger partial charge in [-0.15, -0.1) is 0 Å². The van der Waals surface area contributed by atoms with E-state index in [1.165, 1.54) is 36.9 Å². The van der Waals surface area contributed by atoms with E-state index in [4.69, 9.17) is 0 Å². The zero-order valence-electron chi connectivity index (χ0n) is 9.42. The Kier molecular flexibility index (Phi) is 2.19. The van der Waals surface area contributed by atoms with Crippen molar-refractivity contribution in [2.24, 2.45) is 0 Å². The smallest absolute Gasteiger partial charge is 0.0381 e. The molecule has 1 saturated carbocycles. The van der Waals surface area contributed by atoms with Crippen molar-refractivity contribution < 1.29 is 0 Å². The molecule has 1 aromatic rings. The molecule has 3 rings (SSSR count). The molecule has 80 valence electrons. The van der Waals surface area contributed by atoms with Crippen LogP contribution >= 0.6 is 0 Å². The van der Waals surface area contributed by atoms with Gasteiger partial charge in [0.05, 0.1) is 0 Å². The molecule has 0 spiro atoms. The fourth-order valence-electron chi connectivity index (χ4n) is 3.15. The van der Waals surface area contributed by atoms with E-state index < -0.39 is 0 Å². The lowest BCUT2D eigenvalue weighted by molar-refractivity contribution is 0.422. The van der Waals surface area contributed by atoms with Gasteiger partial charge < -0.3 is 5.32 Å². The number of benzene rings is 1. The molecule has 0 saturated heterocycles. The summed E-state index contributed by atoms with van der Waals surface area (Å²) in [6.45, 7) is 2.23. The summed E-state index contributed by atoms with van der Waals surface area (Å²) in [6, 6.07) is 7.75. The molecule has 2 aliphatic rings. The predicted molar refractivity (Wildman–Crippen MR) is 64.4 cm³/mol. The van der Waals surface area contributed by atoms with E-state index in [0.717, 1.165) is 18.4 Å². The Morgan fingerprint density at radius 3 is 3.00 bits per heavy atom. The second-order valence-electron chi connectivity index (χ2n) is 4.92. The van der Waals surface area contributed by atoms with E-state index in [1.54, 1.807) is 5.56 Å². The molecule has 1 heteroatoms. The Hall–Kier alpha value is -0.980. The maximum absolute atomic E-state index is 3.71. The Balaban J connectivity index is 1.96. The number of fused-ring (bicyclic) bond motifs is 3. The zero-order valence-corrected chi connectivity index (χ0v) is 9.42. The van der Waals surface area contributed by atoms with Crippen LogP contribution in [0.15, 0.2) is 18.2 Å². The van der Waals surface area contributed by atoms with Crippen LogP contribution in [0.25, 0.3) is 0 Å². The summed E-state index contributed by atoms with van der Waals surface area (Å²) in [5.74, 6) is 0.805. The van der Waals surface area contributed by atoms with Gasteiger partial charge in [0, 0.05) is 17.6 Å². The highest BCUT2D eigenvalue weighted by atomic mass is 15.0. The second kappa shape index (κ2) is 3.55. The van der Waals surface area contributed by atoms with Crippen molar-refractivity contribution in [1.82, 2.24) is 0 Å². The topological polar surface area (TPSA) is 12.0 Å². The van der Waals surface area contributed by atoms with Crippen LogP contribution in [0, 0.1) is 0 Å². The molecule has 1 N–H and O–H groups in total. The normalized spacial score (nSPS) is 28.1. The molecule has 1 nitrogen and oxygen atoms in total. The van der Waals surface area contributed by atoms with Gasteiger partial charge in [-0.05, 0) is 36.5 Å². The molecule has 0 amide bonds. The number of nitrogens with one attached hydrogen (secondary N) is 1. The van der Waals surface area contributed by atoms with E-state index in [9.17, 15) is 0 Å². The highest BCUT2D eigenvalue weighted by Gasteiger charge is 2.33. The molecule has 1 aliphatic carbocycles. The van der Waals surface area contributed by atoms with Gasteiger partial charge in [-0.2, -0.15) is 0 Å². The number of rotatable bonds is 1. The summed E-state index contributed by atoms with van der Waals surface area (Å²) >= 11 is 0. The zero-order chi connectivity index (χ0) is 10.3. The Morgan fingerprint density at radius 1 is 1.27 bits per heavy atom. The second-order valence-corrected chi connectivity index (χ2v) is 4.92. The summed E-state index contributed by atoms with van der Waals surface area (Å²) in [4.78, 5) is 0. The van der Waals surface area contributed by atoms with E-state index in [-0.39, 0.29) is 0 Å². The van der Waals surface area contributed by atoms with Crippen molar-refractivity contribution >= 4 is 5.69 Å². The van der Waals surface area contributed by atoms with E-state index in [1.807, 2.05) is 0 Å². The maximum atomic E-state index is 3.71. The van der Waals surface area contributed by atoms with Gasteiger partial charge in [0.25, 0.3) is 0 Å². The molecule has 1 heterocycles. The van der Waals surface area contributed by atoms with Crippen molar-refractivity contribution in [3.63, 3.8) is 0 Å². The largest absolute Gasteiger partial charge is 0.381 e. The van der Waals surface area contributed by atoms with Gasteiger partial charge in [-0.1, -0.05) is 31.9 Å². The van der Waals surface area contributed by atoms with Crippen LogP contribution in [0.5, 0.6) is 0 Å². The van der Waals surface area contributed by atoms with Gasteiger partial charge in [-0.25, -0.2) is 0 Å². The van der Waals surface area contributed by atoms with E-state index in [0.29, 0.717) is 0 Å². The molecule has 2 unspecified atom stereocenters. The maximum Gasteiger partial charge on any atom is 0.0381 e. The molecule has 0 radical (unpaired) electrons. The molecule has 0 bridgehead atoms. The summed E-state index contributed by atoms with van der Waals surface area (Å²) < 4.78 is 0. The van der Waals surface area contributed by atoms with Crippen LogP contribution in [0.2, 0.25) is 0 Å². The summed E-state index contributed by atoms with van der Waals surface area (Å²) in [7, 11) is 0. The first-order chi connectivity index (χ1) is 7.38. The lowest BCUT2D eigenvalue weighted by Crippen LogP contribution is -2.23. The highest BCUT2D eigenvalue weighted by molar-refractivity contribution is 5.61. The minimum absolute atomic E-state index is 0.737. The molecular formula is C14H19N. The van der Waals surface area contributed by atoms with Crippen LogP contribution < -0.4 is 5.32 Å². The third-order valence-electron chi connectivity index (χ3n) is 4.03. The van der Waals surface area contributed by atoms with Gasteiger partial charge in [0.1, 0.15) is 0 Å². The van der Waals surface area contributed by atoms with Crippen LogP contribution in [0.1, 0.15) is 49.7 Å². The highest BCUT2D eigenvalue weighted by Crippen LogP contribution is 2.43. The number of aryl methyl sites for hydroxylation is 1. The Bertz CT molecular complexity index is 370. The van der Waals surface area contributed by atoms with Crippen molar-refractivity contribution in [3.05, 3.63) is 29.3 Å². The van der Waals surface area contributed by atoms with Crippen molar-refractivity contribution in [2.75, 3.05) is 5.32 Å². The standard InChI is InChI=1S/C14H19N/c1-2-10-7-8-12-11-5-3-4-6-13(11)15-14(12)9-10/h7-9,11,13,15H,2-6H2,1H3. The number of anilines is 1. The lowest BCUT2D eigenvalue weighted by atomic mass is 9.82. The molecule has 15 heavy (non-hydrogen) atoms.